The zero-order valence-corrected chi connectivity index (χ0v) is 19.0. The van der Waals surface area contributed by atoms with Gasteiger partial charge in [0.15, 0.2) is 5.96 Å². The molecular weight excluding hydrogens is 392 g/mol. The number of benzene rings is 1. The summed E-state index contributed by atoms with van der Waals surface area (Å²) in [6.45, 7) is 9.40. The highest BCUT2D eigenvalue weighted by Gasteiger charge is 2.14. The lowest BCUT2D eigenvalue weighted by Crippen LogP contribution is -2.39. The topological polar surface area (TPSA) is 103 Å². The Kier molecular flexibility index (Phi) is 11.0. The Labute approximate surface area is 175 Å². The van der Waals surface area contributed by atoms with Crippen LogP contribution in [0.2, 0.25) is 0 Å². The highest BCUT2D eigenvalue weighted by molar-refractivity contribution is 7.89. The molecule has 0 amide bonds. The molecule has 9 heteroatoms. The van der Waals surface area contributed by atoms with Gasteiger partial charge >= 0.3 is 0 Å². The Morgan fingerprint density at radius 3 is 2.62 bits per heavy atom. The second kappa shape index (κ2) is 12.7. The normalized spacial score (nSPS) is 13.6. The first kappa shape index (κ1) is 25.2. The molecule has 1 unspecified atom stereocenters. The van der Waals surface area contributed by atoms with Gasteiger partial charge in [0.25, 0.3) is 0 Å². The van der Waals surface area contributed by atoms with Crippen LogP contribution in [0.4, 0.5) is 0 Å². The van der Waals surface area contributed by atoms with Gasteiger partial charge in [0.2, 0.25) is 10.0 Å². The van der Waals surface area contributed by atoms with Crippen LogP contribution in [0.5, 0.6) is 5.75 Å². The highest BCUT2D eigenvalue weighted by atomic mass is 32.2. The van der Waals surface area contributed by atoms with Crippen LogP contribution in [0.15, 0.2) is 29.3 Å². The number of aliphatic hydroxyl groups excluding tert-OH is 1. The predicted molar refractivity (Wildman–Crippen MR) is 118 cm³/mol. The molecule has 0 aliphatic carbocycles. The second-order valence-corrected chi connectivity index (χ2v) is 9.34. The molecule has 1 rings (SSSR count). The van der Waals surface area contributed by atoms with Crippen molar-refractivity contribution < 1.29 is 18.3 Å². The fraction of sp³-hybridized carbons (Fsp3) is 0.650. The van der Waals surface area contributed by atoms with Crippen LogP contribution in [0.3, 0.4) is 0 Å². The minimum atomic E-state index is -3.16. The number of sulfonamides is 1. The van der Waals surface area contributed by atoms with Crippen molar-refractivity contribution >= 4 is 16.0 Å². The molecule has 29 heavy (non-hydrogen) atoms. The van der Waals surface area contributed by atoms with E-state index in [0.29, 0.717) is 32.0 Å². The largest absolute Gasteiger partial charge is 0.491 e. The number of nitrogens with zero attached hydrogens (tertiary/aromatic N) is 2. The molecule has 0 aliphatic rings. The van der Waals surface area contributed by atoms with E-state index in [2.05, 4.69) is 15.6 Å². The summed E-state index contributed by atoms with van der Waals surface area (Å²) < 4.78 is 30.6. The van der Waals surface area contributed by atoms with E-state index in [1.165, 1.54) is 4.31 Å². The van der Waals surface area contributed by atoms with Crippen LogP contribution in [0.1, 0.15) is 45.8 Å². The average molecular weight is 429 g/mol. The molecule has 0 aromatic heterocycles. The number of aliphatic hydroxyl groups is 1. The Morgan fingerprint density at radius 1 is 1.28 bits per heavy atom. The van der Waals surface area contributed by atoms with Crippen LogP contribution < -0.4 is 15.4 Å². The third-order valence-electron chi connectivity index (χ3n) is 4.16. The summed E-state index contributed by atoms with van der Waals surface area (Å²) in [5, 5.41) is 16.8. The van der Waals surface area contributed by atoms with E-state index in [9.17, 15) is 13.5 Å². The lowest BCUT2D eigenvalue weighted by molar-refractivity contribution is 0.185. The Bertz CT molecular complexity index is 738. The SMILES string of the molecule is CCNC(=NCC(O)c1cccc(OC(C)C)c1)NCCCN(C)S(=O)(=O)CC. The number of aliphatic imine (C=N–C) groups is 1. The quantitative estimate of drug-likeness (QED) is 0.266. The first-order valence-corrected chi connectivity index (χ1v) is 11.7. The van der Waals surface area contributed by atoms with Gasteiger partial charge in [0, 0.05) is 26.7 Å². The van der Waals surface area contributed by atoms with E-state index < -0.39 is 16.1 Å². The number of ether oxygens (including phenoxy) is 1. The molecule has 8 nitrogen and oxygen atoms in total. The maximum absolute atomic E-state index is 11.8. The molecule has 3 N–H and O–H groups in total. The number of rotatable bonds is 12. The molecule has 0 bridgehead atoms. The van der Waals surface area contributed by atoms with E-state index in [-0.39, 0.29) is 18.4 Å². The fourth-order valence-electron chi connectivity index (χ4n) is 2.56. The summed E-state index contributed by atoms with van der Waals surface area (Å²) in [4.78, 5) is 4.43. The zero-order chi connectivity index (χ0) is 21.9. The zero-order valence-electron chi connectivity index (χ0n) is 18.2. The van der Waals surface area contributed by atoms with E-state index in [4.69, 9.17) is 4.74 Å². The molecule has 0 radical (unpaired) electrons. The third kappa shape index (κ3) is 9.47. The standard InChI is InChI=1S/C20H36N4O4S/c1-6-21-20(22-12-9-13-24(5)29(26,27)7-2)23-15-19(25)17-10-8-11-18(14-17)28-16(3)4/h8,10-11,14,16,19,25H,6-7,9,12-13,15H2,1-5H3,(H2,21,22,23). The molecule has 0 spiro atoms. The lowest BCUT2D eigenvalue weighted by atomic mass is 10.1. The van der Waals surface area contributed by atoms with Crippen LogP contribution in [0.25, 0.3) is 0 Å². The van der Waals surface area contributed by atoms with Gasteiger partial charge < -0.3 is 20.5 Å². The Hall–Kier alpha value is -1.84. The molecule has 1 aromatic carbocycles. The van der Waals surface area contributed by atoms with Crippen molar-refractivity contribution in [2.75, 3.05) is 39.0 Å². The molecule has 0 fully saturated rings. The predicted octanol–water partition coefficient (Wildman–Crippen LogP) is 1.73. The highest BCUT2D eigenvalue weighted by Crippen LogP contribution is 2.20. The van der Waals surface area contributed by atoms with Crippen molar-refractivity contribution in [2.45, 2.75) is 46.3 Å². The molecule has 0 heterocycles. The monoisotopic (exact) mass is 428 g/mol. The van der Waals surface area contributed by atoms with Crippen molar-refractivity contribution in [1.29, 1.82) is 0 Å². The van der Waals surface area contributed by atoms with Crippen LogP contribution in [-0.4, -0.2) is 68.9 Å². The van der Waals surface area contributed by atoms with E-state index in [0.717, 1.165) is 11.3 Å². The summed E-state index contributed by atoms with van der Waals surface area (Å²) in [7, 11) is -1.57. The molecule has 0 saturated heterocycles. The smallest absolute Gasteiger partial charge is 0.213 e. The summed E-state index contributed by atoms with van der Waals surface area (Å²) >= 11 is 0. The third-order valence-corrected chi connectivity index (χ3v) is 6.03. The second-order valence-electron chi connectivity index (χ2n) is 6.98. The van der Waals surface area contributed by atoms with Crippen molar-refractivity contribution in [1.82, 2.24) is 14.9 Å². The van der Waals surface area contributed by atoms with E-state index >= 15 is 0 Å². The van der Waals surface area contributed by atoms with E-state index in [1.54, 1.807) is 14.0 Å². The van der Waals surface area contributed by atoms with Gasteiger partial charge in [-0.15, -0.1) is 0 Å². The van der Waals surface area contributed by atoms with Crippen molar-refractivity contribution in [2.24, 2.45) is 4.99 Å². The summed E-state index contributed by atoms with van der Waals surface area (Å²) in [6, 6.07) is 7.38. The average Bonchev–Trinajstić information content (AvgIpc) is 2.68. The van der Waals surface area contributed by atoms with Gasteiger partial charge in [0.1, 0.15) is 5.75 Å². The van der Waals surface area contributed by atoms with Gasteiger partial charge in [-0.1, -0.05) is 12.1 Å². The number of guanidine groups is 1. The molecule has 0 aliphatic heterocycles. The summed E-state index contributed by atoms with van der Waals surface area (Å²) in [6.07, 6.45) is -0.0320. The number of hydrogen-bond acceptors (Lipinski definition) is 5. The van der Waals surface area contributed by atoms with Gasteiger partial charge in [-0.2, -0.15) is 0 Å². The molecule has 0 saturated carbocycles. The minimum absolute atomic E-state index is 0.0660. The Morgan fingerprint density at radius 2 is 2.00 bits per heavy atom. The van der Waals surface area contributed by atoms with Crippen molar-refractivity contribution in [3.05, 3.63) is 29.8 Å². The van der Waals surface area contributed by atoms with Gasteiger partial charge in [-0.05, 0) is 51.8 Å². The molecule has 166 valence electrons. The first-order valence-electron chi connectivity index (χ1n) is 10.1. The number of hydrogen-bond donors (Lipinski definition) is 3. The first-order chi connectivity index (χ1) is 13.7. The number of nitrogens with one attached hydrogen (secondary N) is 2. The Balaban J connectivity index is 2.58. The van der Waals surface area contributed by atoms with Crippen molar-refractivity contribution in [3.8, 4) is 5.75 Å². The van der Waals surface area contributed by atoms with Crippen LogP contribution in [0, 0.1) is 0 Å². The van der Waals surface area contributed by atoms with Crippen molar-refractivity contribution in [3.63, 3.8) is 0 Å². The van der Waals surface area contributed by atoms with Crippen LogP contribution in [-0.2, 0) is 10.0 Å². The molecular formula is C20H36N4O4S. The lowest BCUT2D eigenvalue weighted by Gasteiger charge is -2.17. The van der Waals surface area contributed by atoms with Crippen LogP contribution >= 0.6 is 0 Å². The molecule has 1 aromatic rings. The maximum atomic E-state index is 11.8. The molecule has 1 atom stereocenters. The van der Waals surface area contributed by atoms with E-state index in [1.807, 2.05) is 45.0 Å². The van der Waals surface area contributed by atoms with Gasteiger partial charge in [-0.25, -0.2) is 12.7 Å². The van der Waals surface area contributed by atoms with Gasteiger partial charge in [0.05, 0.1) is 24.5 Å². The van der Waals surface area contributed by atoms with Gasteiger partial charge in [-0.3, -0.25) is 4.99 Å². The summed E-state index contributed by atoms with van der Waals surface area (Å²) in [5.74, 6) is 1.40. The fourth-order valence-corrected chi connectivity index (χ4v) is 3.41. The minimum Gasteiger partial charge on any atom is -0.491 e. The summed E-state index contributed by atoms with van der Waals surface area (Å²) in [5.41, 5.74) is 0.745. The maximum Gasteiger partial charge on any atom is 0.213 e.